The summed E-state index contributed by atoms with van der Waals surface area (Å²) in [6.07, 6.45) is 44.0. The Balaban J connectivity index is 1.09. The van der Waals surface area contributed by atoms with Gasteiger partial charge in [0.2, 0.25) is 0 Å². The van der Waals surface area contributed by atoms with E-state index >= 15 is 0 Å². The standard InChI is InChI=1S/C49H54N2O2/c1-7-21-40-32(14-1)33-15-2-8-22-41(33)50(40)31-28-29-47-39(30-31)49(36-18-5-11-26-45(36)52-46-27-12-6-19-37(46)49)38-20-13-25-44(48(38)53-47)51-42-23-9-3-16-34(42)35-17-4-10-24-43(35)51/h1-2,5,9,13-15,18,20,23,25,30,32,34,37,40,42,46H,3-4,6-8,10-12,16-17,19,21-22,24,26-29H2. The van der Waals surface area contributed by atoms with Gasteiger partial charge in [0, 0.05) is 70.4 Å². The van der Waals surface area contributed by atoms with Gasteiger partial charge in [-0.1, -0.05) is 67.2 Å². The zero-order valence-electron chi connectivity index (χ0n) is 31.3. The lowest BCUT2D eigenvalue weighted by Gasteiger charge is -2.56. The highest BCUT2D eigenvalue weighted by molar-refractivity contribution is 5.76. The van der Waals surface area contributed by atoms with Gasteiger partial charge in [0.25, 0.3) is 0 Å². The highest BCUT2D eigenvalue weighted by Gasteiger charge is 2.59. The van der Waals surface area contributed by atoms with Gasteiger partial charge in [0.1, 0.15) is 17.6 Å². The van der Waals surface area contributed by atoms with Crippen molar-refractivity contribution in [1.29, 1.82) is 0 Å². The van der Waals surface area contributed by atoms with E-state index in [9.17, 15) is 0 Å². The van der Waals surface area contributed by atoms with Gasteiger partial charge >= 0.3 is 0 Å². The molecule has 0 saturated heterocycles. The molecule has 4 nitrogen and oxygen atoms in total. The second-order valence-electron chi connectivity index (χ2n) is 17.8. The molecule has 7 aliphatic carbocycles. The molecular weight excluding hydrogens is 649 g/mol. The topological polar surface area (TPSA) is 24.9 Å². The smallest absolute Gasteiger partial charge is 0.155 e. The molecule has 4 heterocycles. The van der Waals surface area contributed by atoms with Crippen LogP contribution in [0.5, 0.6) is 5.75 Å². The lowest BCUT2D eigenvalue weighted by molar-refractivity contribution is -0.0169. The molecule has 1 aromatic carbocycles. The molecule has 53 heavy (non-hydrogen) atoms. The van der Waals surface area contributed by atoms with Crippen LogP contribution in [0.1, 0.15) is 121 Å². The van der Waals surface area contributed by atoms with E-state index in [2.05, 4.69) is 82.7 Å². The molecule has 11 aliphatic rings. The summed E-state index contributed by atoms with van der Waals surface area (Å²) in [4.78, 5) is 5.64. The van der Waals surface area contributed by atoms with Gasteiger partial charge in [-0.25, -0.2) is 0 Å². The minimum absolute atomic E-state index is 0.249. The minimum atomic E-state index is -0.277. The van der Waals surface area contributed by atoms with E-state index in [1.165, 1.54) is 110 Å². The fourth-order valence-corrected chi connectivity index (χ4v) is 13.4. The van der Waals surface area contributed by atoms with Crippen LogP contribution >= 0.6 is 0 Å². The first kappa shape index (κ1) is 31.4. The Hall–Kier alpha value is -3.92. The number of benzene rings is 1. The lowest BCUT2D eigenvalue weighted by Crippen LogP contribution is -2.53. The first-order valence-electron chi connectivity index (χ1n) is 21.7. The first-order valence-corrected chi connectivity index (χ1v) is 21.7. The van der Waals surface area contributed by atoms with Gasteiger partial charge in [-0.3, -0.25) is 0 Å². The molecule has 7 unspecified atom stereocenters. The summed E-state index contributed by atoms with van der Waals surface area (Å²) in [7, 11) is 0. The van der Waals surface area contributed by atoms with E-state index in [-0.39, 0.29) is 11.5 Å². The van der Waals surface area contributed by atoms with Crippen LogP contribution < -0.4 is 9.64 Å². The van der Waals surface area contributed by atoms with Crippen LogP contribution in [0.4, 0.5) is 5.69 Å². The van der Waals surface area contributed by atoms with Gasteiger partial charge < -0.3 is 19.3 Å². The maximum atomic E-state index is 7.56. The van der Waals surface area contributed by atoms with Crippen molar-refractivity contribution in [3.63, 3.8) is 0 Å². The molecule has 0 radical (unpaired) electrons. The van der Waals surface area contributed by atoms with E-state index in [0.717, 1.165) is 50.7 Å². The second-order valence-corrected chi connectivity index (χ2v) is 17.8. The molecule has 0 aromatic heterocycles. The Bertz CT molecular complexity index is 2060. The number of para-hydroxylation sites is 1. The van der Waals surface area contributed by atoms with E-state index in [1.807, 2.05) is 0 Å². The quantitative estimate of drug-likeness (QED) is 0.287. The highest BCUT2D eigenvalue weighted by Crippen LogP contribution is 2.65. The SMILES string of the molecule is C1=CC2=C(CC1)OC1CCCCC1C21C2=C(CCC(N3C4=C(C=CCC4)C4C=CCCC43)=C2)Oc2c(N3C4=C(CCCC4)C4CCC=CC43)cccc21. The van der Waals surface area contributed by atoms with Crippen LogP contribution in [0.25, 0.3) is 0 Å². The fourth-order valence-electron chi connectivity index (χ4n) is 13.4. The molecular formula is C49H54N2O2. The van der Waals surface area contributed by atoms with Crippen LogP contribution in [0, 0.1) is 17.8 Å². The molecule has 7 atom stereocenters. The lowest BCUT2D eigenvalue weighted by atomic mass is 9.53. The molecule has 12 rings (SSSR count). The van der Waals surface area contributed by atoms with Crippen molar-refractivity contribution in [3.05, 3.63) is 129 Å². The summed E-state index contributed by atoms with van der Waals surface area (Å²) >= 11 is 0. The van der Waals surface area contributed by atoms with Crippen molar-refractivity contribution in [1.82, 2.24) is 4.90 Å². The molecule has 1 saturated carbocycles. The summed E-state index contributed by atoms with van der Waals surface area (Å²) in [6.45, 7) is 0. The number of hydrogen-bond acceptors (Lipinski definition) is 4. The second kappa shape index (κ2) is 12.0. The zero-order valence-corrected chi connectivity index (χ0v) is 31.3. The molecule has 0 amide bonds. The summed E-state index contributed by atoms with van der Waals surface area (Å²) in [6, 6.07) is 8.24. The maximum absolute atomic E-state index is 7.56. The van der Waals surface area contributed by atoms with E-state index in [0.29, 0.717) is 29.8 Å². The molecule has 4 aliphatic heterocycles. The monoisotopic (exact) mass is 702 g/mol. The van der Waals surface area contributed by atoms with Crippen molar-refractivity contribution < 1.29 is 9.47 Å². The number of ether oxygens (including phenoxy) is 2. The van der Waals surface area contributed by atoms with Crippen molar-refractivity contribution >= 4 is 5.69 Å². The van der Waals surface area contributed by atoms with Crippen molar-refractivity contribution in [2.24, 2.45) is 17.8 Å². The third kappa shape index (κ3) is 4.36. The van der Waals surface area contributed by atoms with Crippen LogP contribution in [-0.2, 0) is 10.2 Å². The molecule has 1 spiro atoms. The van der Waals surface area contributed by atoms with Crippen LogP contribution in [-0.4, -0.2) is 23.1 Å². The molecule has 4 heteroatoms. The Labute approximate surface area is 316 Å². The maximum Gasteiger partial charge on any atom is 0.155 e. The minimum Gasteiger partial charge on any atom is -0.494 e. The van der Waals surface area contributed by atoms with Crippen LogP contribution in [0.2, 0.25) is 0 Å². The summed E-state index contributed by atoms with van der Waals surface area (Å²) < 4.78 is 14.7. The predicted molar refractivity (Wildman–Crippen MR) is 212 cm³/mol. The first-order chi connectivity index (χ1) is 26.3. The van der Waals surface area contributed by atoms with E-state index < -0.39 is 0 Å². The Morgan fingerprint density at radius 1 is 0.679 bits per heavy atom. The van der Waals surface area contributed by atoms with Crippen LogP contribution in [0.15, 0.2) is 124 Å². The van der Waals surface area contributed by atoms with Crippen molar-refractivity contribution in [3.8, 4) is 5.75 Å². The largest absolute Gasteiger partial charge is 0.494 e. The van der Waals surface area contributed by atoms with E-state index in [1.54, 1.807) is 22.5 Å². The Kier molecular flexibility index (Phi) is 7.14. The number of nitrogens with zero attached hydrogens (tertiary/aromatic N) is 2. The number of fused-ring (bicyclic) bond motifs is 10. The van der Waals surface area contributed by atoms with Gasteiger partial charge in [-0.2, -0.15) is 0 Å². The van der Waals surface area contributed by atoms with Gasteiger partial charge in [-0.15, -0.1) is 0 Å². The Morgan fingerprint density at radius 2 is 1.57 bits per heavy atom. The number of anilines is 1. The number of allylic oxidation sites excluding steroid dienone is 14. The number of rotatable bonds is 2. The molecule has 272 valence electrons. The van der Waals surface area contributed by atoms with Gasteiger partial charge in [-0.05, 0) is 120 Å². The highest BCUT2D eigenvalue weighted by atomic mass is 16.5. The van der Waals surface area contributed by atoms with Crippen molar-refractivity contribution in [2.45, 2.75) is 139 Å². The third-order valence-corrected chi connectivity index (χ3v) is 15.4. The Morgan fingerprint density at radius 3 is 2.57 bits per heavy atom. The summed E-state index contributed by atoms with van der Waals surface area (Å²) in [5.74, 6) is 5.19. The van der Waals surface area contributed by atoms with Gasteiger partial charge in [0.05, 0.1) is 17.1 Å². The zero-order chi connectivity index (χ0) is 34.7. The molecule has 1 fully saturated rings. The molecule has 0 N–H and O–H groups in total. The van der Waals surface area contributed by atoms with Gasteiger partial charge in [0.15, 0.2) is 5.75 Å². The number of hydrogen-bond donors (Lipinski definition) is 0. The third-order valence-electron chi connectivity index (χ3n) is 15.4. The van der Waals surface area contributed by atoms with Crippen LogP contribution in [0.3, 0.4) is 0 Å². The predicted octanol–water partition coefficient (Wildman–Crippen LogP) is 11.7. The summed E-state index contributed by atoms with van der Waals surface area (Å²) in [5.41, 5.74) is 13.4. The molecule has 0 bridgehead atoms. The fraction of sp³-hybridized carbons (Fsp3) is 0.510. The van der Waals surface area contributed by atoms with Crippen molar-refractivity contribution in [2.75, 3.05) is 4.90 Å². The van der Waals surface area contributed by atoms with E-state index in [4.69, 9.17) is 9.47 Å². The summed E-state index contributed by atoms with van der Waals surface area (Å²) in [5, 5.41) is 0. The normalized spacial score (nSPS) is 36.3. The average Bonchev–Trinajstić information content (AvgIpc) is 3.74. The average molecular weight is 703 g/mol. The molecule has 1 aromatic rings.